The zero-order valence-electron chi connectivity index (χ0n) is 19.2. The average molecular weight is 499 g/mol. The number of amides is 2. The van der Waals surface area contributed by atoms with E-state index >= 15 is 0 Å². The highest BCUT2D eigenvalue weighted by Gasteiger charge is 2.29. The normalized spacial score (nSPS) is 15.1. The summed E-state index contributed by atoms with van der Waals surface area (Å²) >= 11 is 1.32. The van der Waals surface area contributed by atoms with E-state index in [1.165, 1.54) is 41.2 Å². The van der Waals surface area contributed by atoms with Crippen LogP contribution in [0.3, 0.4) is 0 Å². The van der Waals surface area contributed by atoms with Crippen LogP contribution in [0, 0.1) is 0 Å². The van der Waals surface area contributed by atoms with Gasteiger partial charge in [-0.1, -0.05) is 45.0 Å². The lowest BCUT2D eigenvalue weighted by Gasteiger charge is -2.25. The van der Waals surface area contributed by atoms with Gasteiger partial charge in [-0.25, -0.2) is 13.4 Å². The van der Waals surface area contributed by atoms with Gasteiger partial charge < -0.3 is 5.32 Å². The molecule has 178 valence electrons. The van der Waals surface area contributed by atoms with E-state index in [1.807, 2.05) is 17.5 Å². The Bertz CT molecular complexity index is 1310. The summed E-state index contributed by atoms with van der Waals surface area (Å²) in [5, 5.41) is 7.70. The molecule has 2 aromatic carbocycles. The third kappa shape index (κ3) is 5.19. The summed E-state index contributed by atoms with van der Waals surface area (Å²) in [5.74, 6) is -0.718. The molecule has 4 rings (SSSR count). The molecular formula is C24H26N4O4S2. The molecule has 2 amide bonds. The van der Waals surface area contributed by atoms with E-state index in [-0.39, 0.29) is 41.8 Å². The minimum absolute atomic E-state index is 0.0361. The maximum atomic E-state index is 12.8. The Kier molecular flexibility index (Phi) is 6.57. The quantitative estimate of drug-likeness (QED) is 0.560. The van der Waals surface area contributed by atoms with E-state index in [9.17, 15) is 18.0 Å². The van der Waals surface area contributed by atoms with Crippen LogP contribution in [0.4, 0.5) is 5.13 Å². The van der Waals surface area contributed by atoms with E-state index in [1.54, 1.807) is 0 Å². The van der Waals surface area contributed by atoms with Crippen molar-refractivity contribution in [2.75, 3.05) is 25.0 Å². The van der Waals surface area contributed by atoms with Crippen LogP contribution in [0.5, 0.6) is 0 Å². The minimum Gasteiger partial charge on any atom is -0.354 e. The second-order valence-electron chi connectivity index (χ2n) is 9.03. The number of rotatable bonds is 5. The number of sulfonamides is 1. The van der Waals surface area contributed by atoms with Crippen LogP contribution in [0.2, 0.25) is 0 Å². The summed E-state index contributed by atoms with van der Waals surface area (Å²) < 4.78 is 26.6. The van der Waals surface area contributed by atoms with Gasteiger partial charge in [0.05, 0.1) is 17.1 Å². The van der Waals surface area contributed by atoms with Crippen molar-refractivity contribution in [1.29, 1.82) is 0 Å². The first-order valence-electron chi connectivity index (χ1n) is 10.8. The molecule has 0 spiro atoms. The largest absolute Gasteiger partial charge is 0.354 e. The van der Waals surface area contributed by atoms with Crippen LogP contribution in [0.15, 0.2) is 58.8 Å². The van der Waals surface area contributed by atoms with E-state index in [2.05, 4.69) is 48.5 Å². The van der Waals surface area contributed by atoms with Crippen LogP contribution < -0.4 is 10.6 Å². The first kappa shape index (κ1) is 24.1. The van der Waals surface area contributed by atoms with Crippen LogP contribution in [0.25, 0.3) is 11.3 Å². The molecule has 1 aromatic heterocycles. The van der Waals surface area contributed by atoms with Crippen molar-refractivity contribution < 1.29 is 18.0 Å². The zero-order valence-corrected chi connectivity index (χ0v) is 20.8. The van der Waals surface area contributed by atoms with Gasteiger partial charge in [0.1, 0.15) is 0 Å². The van der Waals surface area contributed by atoms with Gasteiger partial charge in [0.25, 0.3) is 5.91 Å². The van der Waals surface area contributed by atoms with Gasteiger partial charge in [-0.05, 0) is 35.2 Å². The lowest BCUT2D eigenvalue weighted by Crippen LogP contribution is -2.49. The minimum atomic E-state index is -3.81. The molecule has 1 aliphatic rings. The van der Waals surface area contributed by atoms with Gasteiger partial charge in [0.2, 0.25) is 15.9 Å². The van der Waals surface area contributed by atoms with Crippen molar-refractivity contribution in [1.82, 2.24) is 14.6 Å². The topological polar surface area (TPSA) is 108 Å². The highest BCUT2D eigenvalue weighted by molar-refractivity contribution is 7.89. The zero-order chi connectivity index (χ0) is 24.5. The number of thiazole rings is 1. The predicted octanol–water partition coefficient (Wildman–Crippen LogP) is 3.48. The highest BCUT2D eigenvalue weighted by atomic mass is 32.2. The first-order valence-corrected chi connectivity index (χ1v) is 13.1. The van der Waals surface area contributed by atoms with E-state index in [0.29, 0.717) is 10.7 Å². The smallest absolute Gasteiger partial charge is 0.257 e. The Morgan fingerprint density at radius 3 is 2.38 bits per heavy atom. The van der Waals surface area contributed by atoms with Gasteiger partial charge in [-0.2, -0.15) is 4.31 Å². The monoisotopic (exact) mass is 498 g/mol. The summed E-state index contributed by atoms with van der Waals surface area (Å²) in [5.41, 5.74) is 3.34. The summed E-state index contributed by atoms with van der Waals surface area (Å²) in [6, 6.07) is 13.9. The molecular weight excluding hydrogens is 472 g/mol. The molecule has 2 N–H and O–H groups in total. The fraction of sp³-hybridized carbons (Fsp3) is 0.292. The van der Waals surface area contributed by atoms with Crippen LogP contribution in [-0.4, -0.2) is 49.2 Å². The van der Waals surface area contributed by atoms with Gasteiger partial charge in [-0.3, -0.25) is 14.9 Å². The average Bonchev–Trinajstić information content (AvgIpc) is 3.27. The standard InChI is InChI=1S/C24H26N4O4S2/c1-24(2,3)18-8-4-16(5-9-18)20-15-33-23(26-20)27-22(30)17-6-10-19(11-7-17)34(31,32)28-13-12-25-21(29)14-28/h4-11,15H,12-14H2,1-3H3,(H,25,29)(H,26,27,30). The molecule has 0 aliphatic carbocycles. The SMILES string of the molecule is CC(C)(C)c1ccc(-c2csc(NC(=O)c3ccc(S(=O)(=O)N4CCNC(=O)C4)cc3)n2)cc1. The number of hydrogen-bond donors (Lipinski definition) is 2. The van der Waals surface area contributed by atoms with Crippen LogP contribution in [0.1, 0.15) is 36.7 Å². The number of aromatic nitrogens is 1. The van der Waals surface area contributed by atoms with Crippen LogP contribution in [-0.2, 0) is 20.2 Å². The molecule has 0 unspecified atom stereocenters. The van der Waals surface area contributed by atoms with Crippen molar-refractivity contribution >= 4 is 38.3 Å². The van der Waals surface area contributed by atoms with E-state index in [0.717, 1.165) is 15.6 Å². The molecule has 0 radical (unpaired) electrons. The van der Waals surface area contributed by atoms with Gasteiger partial charge in [0, 0.05) is 29.6 Å². The molecule has 1 fully saturated rings. The summed E-state index contributed by atoms with van der Waals surface area (Å²) in [6.45, 7) is 6.75. The van der Waals surface area contributed by atoms with E-state index in [4.69, 9.17) is 0 Å². The fourth-order valence-corrected chi connectivity index (χ4v) is 5.63. The number of carbonyl (C=O) groups is 2. The highest BCUT2D eigenvalue weighted by Crippen LogP contribution is 2.28. The first-order chi connectivity index (χ1) is 16.0. The molecule has 0 saturated carbocycles. The maximum Gasteiger partial charge on any atom is 0.257 e. The Labute approximate surface area is 203 Å². The van der Waals surface area contributed by atoms with Gasteiger partial charge in [0.15, 0.2) is 5.13 Å². The van der Waals surface area contributed by atoms with Crippen molar-refractivity contribution in [2.24, 2.45) is 0 Å². The maximum absolute atomic E-state index is 12.8. The number of benzene rings is 2. The molecule has 0 atom stereocenters. The van der Waals surface area contributed by atoms with Crippen molar-refractivity contribution in [3.05, 3.63) is 65.0 Å². The number of nitrogens with zero attached hydrogens (tertiary/aromatic N) is 2. The Balaban J connectivity index is 1.43. The Morgan fingerprint density at radius 2 is 1.76 bits per heavy atom. The van der Waals surface area contributed by atoms with Gasteiger partial charge in [-0.15, -0.1) is 11.3 Å². The third-order valence-corrected chi connectivity index (χ3v) is 8.15. The lowest BCUT2D eigenvalue weighted by atomic mass is 9.86. The Hall–Kier alpha value is -3.08. The molecule has 0 bridgehead atoms. The summed E-state index contributed by atoms with van der Waals surface area (Å²) in [4.78, 5) is 28.7. The van der Waals surface area contributed by atoms with Crippen molar-refractivity contribution in [2.45, 2.75) is 31.1 Å². The molecule has 34 heavy (non-hydrogen) atoms. The summed E-state index contributed by atoms with van der Waals surface area (Å²) in [7, 11) is -3.81. The second kappa shape index (κ2) is 9.28. The van der Waals surface area contributed by atoms with E-state index < -0.39 is 10.0 Å². The number of carbonyl (C=O) groups excluding carboxylic acids is 2. The third-order valence-electron chi connectivity index (χ3n) is 5.53. The molecule has 10 heteroatoms. The Morgan fingerprint density at radius 1 is 1.09 bits per heavy atom. The van der Waals surface area contributed by atoms with Crippen molar-refractivity contribution in [3.8, 4) is 11.3 Å². The van der Waals surface area contributed by atoms with Gasteiger partial charge >= 0.3 is 0 Å². The number of nitrogens with one attached hydrogen (secondary N) is 2. The molecule has 8 nitrogen and oxygen atoms in total. The second-order valence-corrected chi connectivity index (χ2v) is 11.8. The number of hydrogen-bond acceptors (Lipinski definition) is 6. The molecule has 1 aliphatic heterocycles. The lowest BCUT2D eigenvalue weighted by molar-refractivity contribution is -0.122. The fourth-order valence-electron chi connectivity index (χ4n) is 3.52. The number of anilines is 1. The predicted molar refractivity (Wildman–Crippen MR) is 132 cm³/mol. The molecule has 1 saturated heterocycles. The molecule has 3 aromatic rings. The van der Waals surface area contributed by atoms with Crippen LogP contribution >= 0.6 is 11.3 Å². The molecule has 2 heterocycles. The number of piperazine rings is 1. The van der Waals surface area contributed by atoms with Crippen molar-refractivity contribution in [3.63, 3.8) is 0 Å². The summed E-state index contributed by atoms with van der Waals surface area (Å²) in [6.07, 6.45) is 0.